The molecule has 0 bridgehead atoms. The first-order valence-corrected chi connectivity index (χ1v) is 8.16. The Hall–Kier alpha value is -1.41. The Kier molecular flexibility index (Phi) is 10.6. The Morgan fingerprint density at radius 1 is 1.36 bits per heavy atom. The number of hydrogen-bond donors (Lipinski definition) is 2. The lowest BCUT2D eigenvalue weighted by molar-refractivity contribution is 0.0956. The molecule has 2 rings (SSSR count). The van der Waals surface area contributed by atoms with Crippen LogP contribution in [0.25, 0.3) is 0 Å². The molecule has 0 fully saturated rings. The van der Waals surface area contributed by atoms with Crippen molar-refractivity contribution in [1.82, 2.24) is 10.3 Å². The number of aryl methyl sites for hydroxylation is 1. The van der Waals surface area contributed by atoms with Crippen molar-refractivity contribution < 1.29 is 13.9 Å². The smallest absolute Gasteiger partial charge is 0.263 e. The van der Waals surface area contributed by atoms with Gasteiger partial charge in [-0.3, -0.25) is 4.79 Å². The second kappa shape index (κ2) is 11.3. The third-order valence-corrected chi connectivity index (χ3v) is 4.24. The monoisotopic (exact) mass is 409 g/mol. The number of amides is 1. The third kappa shape index (κ3) is 7.56. The third-order valence-electron chi connectivity index (χ3n) is 3.11. The molecule has 1 unspecified atom stereocenters. The highest BCUT2D eigenvalue weighted by Crippen LogP contribution is 2.20. The van der Waals surface area contributed by atoms with E-state index in [9.17, 15) is 9.18 Å². The number of aromatic nitrogens is 1. The number of halogens is 3. The number of ether oxygens (including phenoxy) is 1. The maximum Gasteiger partial charge on any atom is 0.263 e. The molecule has 0 aliphatic heterocycles. The van der Waals surface area contributed by atoms with E-state index in [1.165, 1.54) is 23.5 Å². The molecule has 0 aliphatic rings. The van der Waals surface area contributed by atoms with Crippen LogP contribution in [0.4, 0.5) is 4.39 Å². The summed E-state index contributed by atoms with van der Waals surface area (Å²) in [6, 6.07) is 5.83. The largest absolute Gasteiger partial charge is 0.486 e. The number of carbonyl (C=O) groups is 1. The molecule has 1 aromatic carbocycles. The van der Waals surface area contributed by atoms with Gasteiger partial charge in [0, 0.05) is 12.6 Å². The van der Waals surface area contributed by atoms with Crippen molar-refractivity contribution in [2.24, 2.45) is 5.73 Å². The topological polar surface area (TPSA) is 77.2 Å². The molecular formula is C16H22Cl2FN3O2S. The summed E-state index contributed by atoms with van der Waals surface area (Å²) in [6.07, 6.45) is 0.726. The van der Waals surface area contributed by atoms with E-state index < -0.39 is 0 Å². The van der Waals surface area contributed by atoms with Crippen LogP contribution in [-0.2, 0) is 6.61 Å². The van der Waals surface area contributed by atoms with E-state index in [2.05, 4.69) is 10.3 Å². The van der Waals surface area contributed by atoms with Gasteiger partial charge in [-0.05, 0) is 44.5 Å². The number of benzene rings is 1. The Morgan fingerprint density at radius 3 is 2.60 bits per heavy atom. The van der Waals surface area contributed by atoms with Crippen LogP contribution in [0.3, 0.4) is 0 Å². The molecule has 0 aliphatic carbocycles. The molecule has 1 amide bonds. The number of nitrogens with two attached hydrogens (primary N) is 1. The maximum atomic E-state index is 12.8. The normalized spacial score (nSPS) is 11.0. The molecule has 1 heterocycles. The van der Waals surface area contributed by atoms with Crippen LogP contribution in [0, 0.1) is 12.7 Å². The number of carbonyl (C=O) groups excluding carboxylic acids is 1. The molecule has 0 radical (unpaired) electrons. The number of nitrogens with zero attached hydrogens (tertiary/aromatic N) is 1. The van der Waals surface area contributed by atoms with E-state index in [1.807, 2.05) is 6.92 Å². The van der Waals surface area contributed by atoms with Gasteiger partial charge >= 0.3 is 0 Å². The minimum atomic E-state index is -0.312. The van der Waals surface area contributed by atoms with Crippen LogP contribution in [0.5, 0.6) is 5.75 Å². The van der Waals surface area contributed by atoms with E-state index in [1.54, 1.807) is 19.1 Å². The Labute approximate surface area is 163 Å². The molecule has 2 aromatic rings. The Balaban J connectivity index is 0.00000288. The van der Waals surface area contributed by atoms with Gasteiger partial charge in [0.15, 0.2) is 0 Å². The quantitative estimate of drug-likeness (QED) is 0.733. The van der Waals surface area contributed by atoms with Crippen molar-refractivity contribution >= 4 is 42.1 Å². The molecule has 0 saturated carbocycles. The number of thiazole rings is 1. The molecule has 1 atom stereocenters. The van der Waals surface area contributed by atoms with E-state index in [0.717, 1.165) is 6.42 Å². The van der Waals surface area contributed by atoms with Crippen LogP contribution >= 0.6 is 36.2 Å². The highest BCUT2D eigenvalue weighted by molar-refractivity contribution is 7.13. The van der Waals surface area contributed by atoms with Gasteiger partial charge in [0.05, 0.1) is 5.69 Å². The minimum Gasteiger partial charge on any atom is -0.486 e. The summed E-state index contributed by atoms with van der Waals surface area (Å²) in [4.78, 5) is 17.0. The summed E-state index contributed by atoms with van der Waals surface area (Å²) in [7, 11) is 0. The molecule has 0 saturated heterocycles. The fourth-order valence-corrected chi connectivity index (χ4v) is 2.79. The van der Waals surface area contributed by atoms with Crippen LogP contribution in [0.1, 0.15) is 33.7 Å². The number of nitrogens with one attached hydrogen (secondary N) is 1. The van der Waals surface area contributed by atoms with Crippen LogP contribution < -0.4 is 15.8 Å². The summed E-state index contributed by atoms with van der Waals surface area (Å²) < 4.78 is 18.4. The lowest BCUT2D eigenvalue weighted by Gasteiger charge is -2.06. The summed E-state index contributed by atoms with van der Waals surface area (Å²) >= 11 is 1.30. The Morgan fingerprint density at radius 2 is 2.00 bits per heavy atom. The zero-order valence-corrected chi connectivity index (χ0v) is 16.4. The van der Waals surface area contributed by atoms with Gasteiger partial charge < -0.3 is 15.8 Å². The van der Waals surface area contributed by atoms with Gasteiger partial charge in [-0.1, -0.05) is 0 Å². The summed E-state index contributed by atoms with van der Waals surface area (Å²) in [5.41, 5.74) is 6.33. The van der Waals surface area contributed by atoms with Gasteiger partial charge in [0.25, 0.3) is 5.91 Å². The Bertz CT molecular complexity index is 666. The molecule has 3 N–H and O–H groups in total. The summed E-state index contributed by atoms with van der Waals surface area (Å²) in [5.74, 6) is 0.101. The van der Waals surface area contributed by atoms with Crippen molar-refractivity contribution in [2.45, 2.75) is 32.9 Å². The molecule has 5 nitrogen and oxygen atoms in total. The molecule has 0 spiro atoms. The molecule has 140 valence electrons. The molecule has 9 heteroatoms. The number of rotatable bonds is 7. The average molecular weight is 410 g/mol. The van der Waals surface area contributed by atoms with E-state index in [4.69, 9.17) is 10.5 Å². The van der Waals surface area contributed by atoms with Crippen molar-refractivity contribution in [3.05, 3.63) is 45.7 Å². The van der Waals surface area contributed by atoms with Crippen LogP contribution in [0.15, 0.2) is 24.3 Å². The highest BCUT2D eigenvalue weighted by Gasteiger charge is 2.15. The van der Waals surface area contributed by atoms with E-state index >= 15 is 0 Å². The summed E-state index contributed by atoms with van der Waals surface area (Å²) in [6.45, 7) is 4.47. The van der Waals surface area contributed by atoms with Crippen molar-refractivity contribution in [1.29, 1.82) is 0 Å². The number of hydrogen-bond acceptors (Lipinski definition) is 5. The predicted molar refractivity (Wildman–Crippen MR) is 103 cm³/mol. The second-order valence-corrected chi connectivity index (χ2v) is 6.37. The summed E-state index contributed by atoms with van der Waals surface area (Å²) in [5, 5.41) is 3.53. The second-order valence-electron chi connectivity index (χ2n) is 5.29. The lowest BCUT2D eigenvalue weighted by atomic mass is 10.2. The molecule has 1 aromatic heterocycles. The molecule has 25 heavy (non-hydrogen) atoms. The van der Waals surface area contributed by atoms with Gasteiger partial charge in [-0.25, -0.2) is 9.37 Å². The maximum absolute atomic E-state index is 12.8. The SMILES string of the molecule is Cc1nc(COc2ccc(F)cc2)sc1C(=O)NCCC(C)N.Cl.Cl. The average Bonchev–Trinajstić information content (AvgIpc) is 2.87. The van der Waals surface area contributed by atoms with Crippen molar-refractivity contribution in [3.8, 4) is 5.75 Å². The van der Waals surface area contributed by atoms with Crippen LogP contribution in [-0.4, -0.2) is 23.5 Å². The fourth-order valence-electron chi connectivity index (χ4n) is 1.89. The lowest BCUT2D eigenvalue weighted by Crippen LogP contribution is -2.28. The molecular weight excluding hydrogens is 388 g/mol. The van der Waals surface area contributed by atoms with Gasteiger partial charge in [0.2, 0.25) is 0 Å². The zero-order chi connectivity index (χ0) is 16.8. The van der Waals surface area contributed by atoms with Gasteiger partial charge in [-0.15, -0.1) is 36.2 Å². The minimum absolute atomic E-state index is 0. The van der Waals surface area contributed by atoms with Gasteiger partial charge in [0.1, 0.15) is 28.1 Å². The first kappa shape index (κ1) is 23.6. The van der Waals surface area contributed by atoms with Crippen LogP contribution in [0.2, 0.25) is 0 Å². The van der Waals surface area contributed by atoms with Crippen molar-refractivity contribution in [2.75, 3.05) is 6.54 Å². The first-order valence-electron chi connectivity index (χ1n) is 7.34. The highest BCUT2D eigenvalue weighted by atomic mass is 35.5. The standard InChI is InChI=1S/C16H20FN3O2S.2ClH/c1-10(18)7-8-19-16(21)15-11(2)20-14(23-15)9-22-13-5-3-12(17)4-6-13;;/h3-6,10H,7-9,18H2,1-2H3,(H,19,21);2*1H. The van der Waals surface area contributed by atoms with E-state index in [-0.39, 0.29) is 49.2 Å². The predicted octanol–water partition coefficient (Wildman–Crippen LogP) is 3.48. The van der Waals surface area contributed by atoms with E-state index in [0.29, 0.717) is 27.9 Å². The van der Waals surface area contributed by atoms with Crippen molar-refractivity contribution in [3.63, 3.8) is 0 Å². The fraction of sp³-hybridized carbons (Fsp3) is 0.375. The first-order chi connectivity index (χ1) is 11.0. The van der Waals surface area contributed by atoms with Gasteiger partial charge in [-0.2, -0.15) is 0 Å². The zero-order valence-electron chi connectivity index (χ0n) is 14.0.